The summed E-state index contributed by atoms with van der Waals surface area (Å²) in [6.07, 6.45) is 6.55. The molecule has 2 aliphatic heterocycles. The van der Waals surface area contributed by atoms with Crippen LogP contribution in [-0.2, 0) is 16.6 Å². The first kappa shape index (κ1) is 21.0. The number of hydrogen-bond acceptors (Lipinski definition) is 5. The van der Waals surface area contributed by atoms with Crippen molar-refractivity contribution in [2.75, 3.05) is 20.2 Å². The van der Waals surface area contributed by atoms with E-state index < -0.39 is 11.2 Å². The average molecular weight is 454 g/mol. The molecule has 1 aromatic rings. The summed E-state index contributed by atoms with van der Waals surface area (Å²) in [5.41, 5.74) is 0.782. The fourth-order valence-corrected chi connectivity index (χ4v) is 9.39. The van der Waals surface area contributed by atoms with Gasteiger partial charge in [0.05, 0.1) is 5.60 Å². The van der Waals surface area contributed by atoms with Crippen LogP contribution >= 0.6 is 0 Å². The number of aliphatic hydroxyl groups is 1. The Kier molecular flexibility index (Phi) is 3.76. The van der Waals surface area contributed by atoms with Crippen LogP contribution in [0, 0.1) is 22.7 Å². The molecule has 0 amide bonds. The van der Waals surface area contributed by atoms with Gasteiger partial charge in [0.1, 0.15) is 11.7 Å². The van der Waals surface area contributed by atoms with Gasteiger partial charge in [0.2, 0.25) is 0 Å². The molecule has 7 atom stereocenters. The number of nitrogens with zero attached hydrogens (tertiary/aromatic N) is 1. The van der Waals surface area contributed by atoms with Gasteiger partial charge in [-0.25, -0.2) is 0 Å². The molecule has 33 heavy (non-hydrogen) atoms. The number of phenols is 1. The second-order valence-corrected chi connectivity index (χ2v) is 13.5. The number of benzene rings is 1. The summed E-state index contributed by atoms with van der Waals surface area (Å²) in [5, 5.41) is 22.9. The molecule has 0 aromatic heterocycles. The van der Waals surface area contributed by atoms with Crippen LogP contribution in [0.2, 0.25) is 0 Å². The van der Waals surface area contributed by atoms with Crippen LogP contribution in [0.4, 0.5) is 0 Å². The van der Waals surface area contributed by atoms with Crippen LogP contribution in [0.3, 0.4) is 0 Å². The standard InChI is InChI=1S/C28H39NO4/c1-24(2,3)25(4,31)19-13-26-15-28(19,32-5)23-27(26)10-11-29(14-16-6-7-16)20(26)12-17-8-9-18(30)22(33-23)21(17)27/h8-9,16,19-20,23,30-31H,6-7,10-15H2,1-5H3. The molecule has 2 N–H and O–H groups in total. The third-order valence-electron chi connectivity index (χ3n) is 11.5. The summed E-state index contributed by atoms with van der Waals surface area (Å²) in [5.74, 6) is 1.80. The lowest BCUT2D eigenvalue weighted by Crippen LogP contribution is -2.71. The van der Waals surface area contributed by atoms with Crippen molar-refractivity contribution in [1.82, 2.24) is 4.90 Å². The van der Waals surface area contributed by atoms with Gasteiger partial charge in [-0.05, 0) is 75.0 Å². The van der Waals surface area contributed by atoms with Crippen LogP contribution in [0.15, 0.2) is 12.1 Å². The number of ether oxygens (including phenoxy) is 2. The molecular weight excluding hydrogens is 414 g/mol. The minimum Gasteiger partial charge on any atom is -0.504 e. The Hall–Kier alpha value is -1.30. The van der Waals surface area contributed by atoms with Crippen molar-refractivity contribution in [3.8, 4) is 11.5 Å². The van der Waals surface area contributed by atoms with E-state index in [2.05, 4.69) is 31.7 Å². The zero-order valence-corrected chi connectivity index (χ0v) is 20.8. The van der Waals surface area contributed by atoms with Crippen molar-refractivity contribution in [2.24, 2.45) is 22.7 Å². The molecule has 180 valence electrons. The van der Waals surface area contributed by atoms with E-state index in [9.17, 15) is 10.2 Å². The summed E-state index contributed by atoms with van der Waals surface area (Å²) in [6, 6.07) is 4.42. The lowest BCUT2D eigenvalue weighted by molar-refractivity contribution is -0.212. The number of fused-ring (bicyclic) bond motifs is 2. The normalized spacial score (nSPS) is 44.5. The third-order valence-corrected chi connectivity index (χ3v) is 11.5. The maximum absolute atomic E-state index is 12.1. The van der Waals surface area contributed by atoms with Crippen LogP contribution in [0.25, 0.3) is 0 Å². The number of hydrogen-bond donors (Lipinski definition) is 2. The Morgan fingerprint density at radius 1 is 1.21 bits per heavy atom. The number of aromatic hydroxyl groups is 1. The average Bonchev–Trinajstić information content (AvgIpc) is 3.30. The van der Waals surface area contributed by atoms with Crippen molar-refractivity contribution < 1.29 is 19.7 Å². The van der Waals surface area contributed by atoms with Crippen molar-refractivity contribution in [2.45, 2.75) is 95.0 Å². The molecule has 2 heterocycles. The van der Waals surface area contributed by atoms with E-state index in [0.29, 0.717) is 11.8 Å². The van der Waals surface area contributed by atoms with E-state index in [1.165, 1.54) is 30.5 Å². The minimum atomic E-state index is -0.899. The first-order valence-electron chi connectivity index (χ1n) is 13.1. The molecule has 1 aromatic carbocycles. The molecule has 1 saturated heterocycles. The van der Waals surface area contributed by atoms with Gasteiger partial charge in [-0.15, -0.1) is 0 Å². The van der Waals surface area contributed by atoms with Gasteiger partial charge in [0, 0.05) is 42.0 Å². The predicted molar refractivity (Wildman–Crippen MR) is 126 cm³/mol. The molecule has 6 aliphatic rings. The lowest BCUT2D eigenvalue weighted by atomic mass is 9.45. The molecule has 5 nitrogen and oxygen atoms in total. The largest absolute Gasteiger partial charge is 0.504 e. The molecule has 0 radical (unpaired) electrons. The van der Waals surface area contributed by atoms with E-state index in [4.69, 9.17) is 9.47 Å². The smallest absolute Gasteiger partial charge is 0.165 e. The van der Waals surface area contributed by atoms with Gasteiger partial charge in [-0.1, -0.05) is 26.8 Å². The van der Waals surface area contributed by atoms with Gasteiger partial charge in [0.25, 0.3) is 0 Å². The SMILES string of the molecule is COC12CC3(CC1C(C)(O)C(C)(C)C)C1Cc4ccc(O)c5c4C3(CCN1CC1CC1)C2O5. The first-order chi connectivity index (χ1) is 15.5. The second-order valence-electron chi connectivity index (χ2n) is 13.5. The topological polar surface area (TPSA) is 62.2 Å². The van der Waals surface area contributed by atoms with Gasteiger partial charge in [0.15, 0.2) is 11.5 Å². The molecule has 7 unspecified atom stereocenters. The highest BCUT2D eigenvalue weighted by molar-refractivity contribution is 5.64. The zero-order valence-electron chi connectivity index (χ0n) is 20.8. The van der Waals surface area contributed by atoms with Gasteiger partial charge < -0.3 is 19.7 Å². The van der Waals surface area contributed by atoms with Gasteiger partial charge in [-0.3, -0.25) is 4.90 Å². The van der Waals surface area contributed by atoms with E-state index in [0.717, 1.165) is 38.1 Å². The molecule has 3 saturated carbocycles. The Morgan fingerprint density at radius 2 is 1.97 bits per heavy atom. The predicted octanol–water partition coefficient (Wildman–Crippen LogP) is 4.02. The number of rotatable bonds is 4. The third kappa shape index (κ3) is 2.14. The van der Waals surface area contributed by atoms with Gasteiger partial charge in [-0.2, -0.15) is 0 Å². The molecule has 4 fully saturated rings. The molecule has 2 spiro atoms. The van der Waals surface area contributed by atoms with Gasteiger partial charge >= 0.3 is 0 Å². The Labute approximate surface area is 197 Å². The Balaban J connectivity index is 1.46. The summed E-state index contributed by atoms with van der Waals surface area (Å²) >= 11 is 0. The summed E-state index contributed by atoms with van der Waals surface area (Å²) < 4.78 is 13.4. The maximum atomic E-state index is 12.1. The fraction of sp³-hybridized carbons (Fsp3) is 0.786. The van der Waals surface area contributed by atoms with Crippen molar-refractivity contribution in [1.29, 1.82) is 0 Å². The molecule has 4 aliphatic carbocycles. The second kappa shape index (κ2) is 5.91. The van der Waals surface area contributed by atoms with Crippen molar-refractivity contribution in [3.63, 3.8) is 0 Å². The molecule has 5 heteroatoms. The molecular formula is C28H39NO4. The van der Waals surface area contributed by atoms with Crippen LogP contribution < -0.4 is 4.74 Å². The fourth-order valence-electron chi connectivity index (χ4n) is 9.39. The number of methoxy groups -OCH3 is 1. The monoisotopic (exact) mass is 453 g/mol. The van der Waals surface area contributed by atoms with E-state index in [1.807, 2.05) is 20.1 Å². The minimum absolute atomic E-state index is 0.00671. The highest BCUT2D eigenvalue weighted by Crippen LogP contribution is 2.81. The quantitative estimate of drug-likeness (QED) is 0.721. The lowest BCUT2D eigenvalue weighted by Gasteiger charge is -2.63. The van der Waals surface area contributed by atoms with E-state index >= 15 is 0 Å². The van der Waals surface area contributed by atoms with Crippen LogP contribution in [-0.4, -0.2) is 58.7 Å². The molecule has 4 bridgehead atoms. The number of likely N-dealkylation sites (tertiary alicyclic amines) is 1. The van der Waals surface area contributed by atoms with Crippen molar-refractivity contribution in [3.05, 3.63) is 23.3 Å². The summed E-state index contributed by atoms with van der Waals surface area (Å²) in [6.45, 7) is 10.8. The van der Waals surface area contributed by atoms with Crippen LogP contribution in [0.5, 0.6) is 11.5 Å². The summed E-state index contributed by atoms with van der Waals surface area (Å²) in [7, 11) is 1.83. The maximum Gasteiger partial charge on any atom is 0.165 e. The Bertz CT molecular complexity index is 1040. The number of piperidine rings is 1. The highest BCUT2D eigenvalue weighted by atomic mass is 16.6. The molecule has 7 rings (SSSR count). The number of phenolic OH excluding ortho intramolecular Hbond substituents is 1. The van der Waals surface area contributed by atoms with E-state index in [1.54, 1.807) is 0 Å². The van der Waals surface area contributed by atoms with E-state index in [-0.39, 0.29) is 34.0 Å². The Morgan fingerprint density at radius 3 is 2.64 bits per heavy atom. The summed E-state index contributed by atoms with van der Waals surface area (Å²) in [4.78, 5) is 2.80. The zero-order chi connectivity index (χ0) is 23.2. The first-order valence-corrected chi connectivity index (χ1v) is 13.1. The highest BCUT2D eigenvalue weighted by Gasteiger charge is 2.86. The van der Waals surface area contributed by atoms with Crippen LogP contribution in [0.1, 0.15) is 70.9 Å². The van der Waals surface area contributed by atoms with Crippen molar-refractivity contribution >= 4 is 0 Å².